The fourth-order valence-corrected chi connectivity index (χ4v) is 2.10. The van der Waals surface area contributed by atoms with Crippen LogP contribution in [0.1, 0.15) is 28.4 Å². The summed E-state index contributed by atoms with van der Waals surface area (Å²) < 4.78 is 0. The number of carbonyl (C=O) groups is 2. The fourth-order valence-electron chi connectivity index (χ4n) is 2.10. The van der Waals surface area contributed by atoms with E-state index in [0.29, 0.717) is 11.3 Å². The average Bonchev–Trinajstić information content (AvgIpc) is 2.42. The van der Waals surface area contributed by atoms with Crippen LogP contribution in [0, 0.1) is 13.8 Å². The Bertz CT molecular complexity index is 693. The Morgan fingerprint density at radius 2 is 1.62 bits per heavy atom. The molecule has 108 valence electrons. The van der Waals surface area contributed by atoms with Gasteiger partial charge >= 0.3 is 0 Å². The highest BCUT2D eigenvalue weighted by Gasteiger charge is 2.09. The van der Waals surface area contributed by atoms with Crippen molar-refractivity contribution >= 4 is 23.2 Å². The van der Waals surface area contributed by atoms with E-state index in [-0.39, 0.29) is 11.8 Å². The largest absolute Gasteiger partial charge is 0.326 e. The van der Waals surface area contributed by atoms with Crippen LogP contribution >= 0.6 is 0 Å². The number of anilines is 2. The number of carbonyl (C=O) groups excluding carboxylic acids is 2. The van der Waals surface area contributed by atoms with E-state index >= 15 is 0 Å². The lowest BCUT2D eigenvalue weighted by Crippen LogP contribution is -2.13. The van der Waals surface area contributed by atoms with Crippen molar-refractivity contribution in [1.82, 2.24) is 0 Å². The zero-order chi connectivity index (χ0) is 15.4. The van der Waals surface area contributed by atoms with E-state index in [9.17, 15) is 9.59 Å². The van der Waals surface area contributed by atoms with Gasteiger partial charge in [0.1, 0.15) is 0 Å². The highest BCUT2D eigenvalue weighted by atomic mass is 16.2. The zero-order valence-corrected chi connectivity index (χ0v) is 12.4. The summed E-state index contributed by atoms with van der Waals surface area (Å²) in [5.74, 6) is -0.255. The van der Waals surface area contributed by atoms with Crippen LogP contribution in [0.3, 0.4) is 0 Å². The molecule has 0 fully saturated rings. The summed E-state index contributed by atoms with van der Waals surface area (Å²) in [6.45, 7) is 5.25. The van der Waals surface area contributed by atoms with Crippen LogP contribution in [0.5, 0.6) is 0 Å². The van der Waals surface area contributed by atoms with Crippen LogP contribution in [0.2, 0.25) is 0 Å². The summed E-state index contributed by atoms with van der Waals surface area (Å²) in [5, 5.41) is 5.61. The van der Waals surface area contributed by atoms with Gasteiger partial charge < -0.3 is 10.6 Å². The van der Waals surface area contributed by atoms with E-state index in [4.69, 9.17) is 0 Å². The second-order valence-electron chi connectivity index (χ2n) is 4.98. The molecule has 0 unspecified atom stereocenters. The molecule has 2 aromatic carbocycles. The topological polar surface area (TPSA) is 58.2 Å². The third kappa shape index (κ3) is 3.69. The smallest absolute Gasteiger partial charge is 0.255 e. The highest BCUT2D eigenvalue weighted by molar-refractivity contribution is 6.05. The number of benzene rings is 2. The predicted molar refractivity (Wildman–Crippen MR) is 84.6 cm³/mol. The summed E-state index contributed by atoms with van der Waals surface area (Å²) >= 11 is 0. The maximum Gasteiger partial charge on any atom is 0.255 e. The van der Waals surface area contributed by atoms with Gasteiger partial charge in [0.15, 0.2) is 0 Å². The van der Waals surface area contributed by atoms with E-state index in [2.05, 4.69) is 10.6 Å². The van der Waals surface area contributed by atoms with Crippen LogP contribution in [0.4, 0.5) is 11.4 Å². The van der Waals surface area contributed by atoms with E-state index in [0.717, 1.165) is 16.8 Å². The molecule has 0 atom stereocenters. The van der Waals surface area contributed by atoms with Gasteiger partial charge in [0, 0.05) is 23.9 Å². The minimum Gasteiger partial charge on any atom is -0.326 e. The third-order valence-electron chi connectivity index (χ3n) is 3.18. The number of hydrogen-bond donors (Lipinski definition) is 2. The Hall–Kier alpha value is -2.62. The molecule has 21 heavy (non-hydrogen) atoms. The normalized spacial score (nSPS) is 10.0. The molecular formula is C17H18N2O2. The molecule has 0 aliphatic carbocycles. The maximum atomic E-state index is 12.2. The van der Waals surface area contributed by atoms with Crippen LogP contribution in [-0.4, -0.2) is 11.8 Å². The van der Waals surface area contributed by atoms with Crippen molar-refractivity contribution in [2.75, 3.05) is 10.6 Å². The van der Waals surface area contributed by atoms with E-state index in [1.807, 2.05) is 38.1 Å². The molecule has 0 bridgehead atoms. The first-order valence-electron chi connectivity index (χ1n) is 6.72. The Balaban J connectivity index is 2.17. The molecule has 0 aliphatic heterocycles. The summed E-state index contributed by atoms with van der Waals surface area (Å²) in [5.41, 5.74) is 3.93. The van der Waals surface area contributed by atoms with Gasteiger partial charge in [-0.2, -0.15) is 0 Å². The second-order valence-corrected chi connectivity index (χ2v) is 4.98. The molecule has 0 radical (unpaired) electrons. The standard InChI is InChI=1S/C17H18N2O2/c1-11-6-4-5-7-15(11)17(21)19-14-8-9-16(12(2)10-14)18-13(3)20/h4-10H,1-3H3,(H,18,20)(H,19,21). The number of nitrogens with one attached hydrogen (secondary N) is 2. The maximum absolute atomic E-state index is 12.2. The Kier molecular flexibility index (Phi) is 4.38. The fraction of sp³-hybridized carbons (Fsp3) is 0.176. The SMILES string of the molecule is CC(=O)Nc1ccc(NC(=O)c2ccccc2C)cc1C. The molecular weight excluding hydrogens is 264 g/mol. The van der Waals surface area contributed by atoms with Gasteiger partial charge in [0.05, 0.1) is 0 Å². The number of rotatable bonds is 3. The van der Waals surface area contributed by atoms with Crippen molar-refractivity contribution in [3.05, 3.63) is 59.2 Å². The monoisotopic (exact) mass is 282 g/mol. The second kappa shape index (κ2) is 6.22. The molecule has 0 heterocycles. The summed E-state index contributed by atoms with van der Waals surface area (Å²) in [7, 11) is 0. The van der Waals surface area contributed by atoms with Crippen LogP contribution < -0.4 is 10.6 Å². The molecule has 0 aliphatic rings. The van der Waals surface area contributed by atoms with Crippen molar-refractivity contribution in [2.45, 2.75) is 20.8 Å². The van der Waals surface area contributed by atoms with E-state index in [1.165, 1.54) is 6.92 Å². The van der Waals surface area contributed by atoms with Crippen LogP contribution in [0.25, 0.3) is 0 Å². The highest BCUT2D eigenvalue weighted by Crippen LogP contribution is 2.20. The van der Waals surface area contributed by atoms with Crippen molar-refractivity contribution in [2.24, 2.45) is 0 Å². The van der Waals surface area contributed by atoms with Gasteiger partial charge in [-0.25, -0.2) is 0 Å². The van der Waals surface area contributed by atoms with Crippen molar-refractivity contribution in [1.29, 1.82) is 0 Å². The molecule has 2 N–H and O–H groups in total. The molecule has 4 heteroatoms. The van der Waals surface area contributed by atoms with Gasteiger partial charge in [-0.1, -0.05) is 18.2 Å². The summed E-state index contributed by atoms with van der Waals surface area (Å²) in [6, 6.07) is 12.8. The number of hydrogen-bond acceptors (Lipinski definition) is 2. The van der Waals surface area contributed by atoms with Crippen molar-refractivity contribution < 1.29 is 9.59 Å². The van der Waals surface area contributed by atoms with Gasteiger partial charge in [-0.3, -0.25) is 9.59 Å². The lowest BCUT2D eigenvalue weighted by molar-refractivity contribution is -0.114. The molecule has 0 saturated carbocycles. The predicted octanol–water partition coefficient (Wildman–Crippen LogP) is 3.51. The first kappa shape index (κ1) is 14.8. The van der Waals surface area contributed by atoms with Crippen LogP contribution in [0.15, 0.2) is 42.5 Å². The summed E-state index contributed by atoms with van der Waals surface area (Å²) in [4.78, 5) is 23.3. The molecule has 2 aromatic rings. The lowest BCUT2D eigenvalue weighted by Gasteiger charge is -2.11. The van der Waals surface area contributed by atoms with Crippen LogP contribution in [-0.2, 0) is 4.79 Å². The molecule has 2 rings (SSSR count). The van der Waals surface area contributed by atoms with E-state index < -0.39 is 0 Å². The first-order valence-corrected chi connectivity index (χ1v) is 6.72. The van der Waals surface area contributed by atoms with Crippen molar-refractivity contribution in [3.8, 4) is 0 Å². The van der Waals surface area contributed by atoms with E-state index in [1.54, 1.807) is 18.2 Å². The molecule has 0 aromatic heterocycles. The molecule has 2 amide bonds. The van der Waals surface area contributed by atoms with Gasteiger partial charge in [0.2, 0.25) is 5.91 Å². The molecule has 4 nitrogen and oxygen atoms in total. The first-order chi connectivity index (χ1) is 9.97. The van der Waals surface area contributed by atoms with Crippen molar-refractivity contribution in [3.63, 3.8) is 0 Å². The number of amides is 2. The number of aryl methyl sites for hydroxylation is 2. The Morgan fingerprint density at radius 3 is 2.24 bits per heavy atom. The van der Waals surface area contributed by atoms with Gasteiger partial charge in [-0.05, 0) is 49.2 Å². The minimum atomic E-state index is -0.139. The minimum absolute atomic E-state index is 0.116. The van der Waals surface area contributed by atoms with Gasteiger partial charge in [-0.15, -0.1) is 0 Å². The Labute approximate surface area is 124 Å². The quantitative estimate of drug-likeness (QED) is 0.905. The lowest BCUT2D eigenvalue weighted by atomic mass is 10.1. The summed E-state index contributed by atoms with van der Waals surface area (Å²) in [6.07, 6.45) is 0. The average molecular weight is 282 g/mol. The molecule has 0 saturated heterocycles. The molecule has 0 spiro atoms. The van der Waals surface area contributed by atoms with Gasteiger partial charge in [0.25, 0.3) is 5.91 Å². The Morgan fingerprint density at radius 1 is 0.905 bits per heavy atom. The zero-order valence-electron chi connectivity index (χ0n) is 12.4. The third-order valence-corrected chi connectivity index (χ3v) is 3.18.